The van der Waals surface area contributed by atoms with Crippen molar-refractivity contribution in [3.05, 3.63) is 59.7 Å². The van der Waals surface area contributed by atoms with Crippen molar-refractivity contribution in [2.45, 2.75) is 11.5 Å². The van der Waals surface area contributed by atoms with E-state index in [0.717, 1.165) is 17.2 Å². The fourth-order valence-corrected chi connectivity index (χ4v) is 2.06. The summed E-state index contributed by atoms with van der Waals surface area (Å²) in [6, 6.07) is 12.8. The van der Waals surface area contributed by atoms with Gasteiger partial charge in [0.1, 0.15) is 0 Å². The molecule has 94 valence electrons. The van der Waals surface area contributed by atoms with Crippen LogP contribution < -0.4 is 0 Å². The van der Waals surface area contributed by atoms with E-state index in [1.54, 1.807) is 6.07 Å². The predicted molar refractivity (Wildman–Crippen MR) is 69.5 cm³/mol. The van der Waals surface area contributed by atoms with Gasteiger partial charge in [0.15, 0.2) is 0 Å². The Labute approximate surface area is 112 Å². The van der Waals surface area contributed by atoms with E-state index in [0.29, 0.717) is 10.9 Å². The molecule has 4 heteroatoms. The molecule has 0 saturated carbocycles. The van der Waals surface area contributed by atoms with E-state index in [2.05, 4.69) is 15.9 Å². The number of hydrogen-bond donors (Lipinski definition) is 0. The zero-order valence-electron chi connectivity index (χ0n) is 9.34. The van der Waals surface area contributed by atoms with Crippen molar-refractivity contribution in [2.24, 2.45) is 0 Å². The van der Waals surface area contributed by atoms with Crippen LogP contribution in [0.5, 0.6) is 0 Å². The van der Waals surface area contributed by atoms with Crippen LogP contribution in [-0.4, -0.2) is 0 Å². The van der Waals surface area contributed by atoms with Crippen LogP contribution in [0.2, 0.25) is 0 Å². The van der Waals surface area contributed by atoms with Crippen molar-refractivity contribution in [3.8, 4) is 11.1 Å². The molecule has 0 aliphatic heterocycles. The van der Waals surface area contributed by atoms with Gasteiger partial charge in [-0.1, -0.05) is 52.3 Å². The molecular formula is C14H10BrF3. The van der Waals surface area contributed by atoms with Crippen molar-refractivity contribution in [1.29, 1.82) is 0 Å². The minimum atomic E-state index is -4.30. The average molecular weight is 315 g/mol. The van der Waals surface area contributed by atoms with Crippen molar-refractivity contribution in [3.63, 3.8) is 0 Å². The molecule has 0 fully saturated rings. The summed E-state index contributed by atoms with van der Waals surface area (Å²) in [5.74, 6) is 0. The maximum atomic E-state index is 12.6. The minimum Gasteiger partial charge on any atom is -0.166 e. The zero-order valence-corrected chi connectivity index (χ0v) is 10.9. The van der Waals surface area contributed by atoms with Crippen LogP contribution in [0.4, 0.5) is 13.2 Å². The molecule has 0 saturated heterocycles. The SMILES string of the molecule is FC(F)(F)c1cccc(-c2cccc(CBr)c2)c1. The van der Waals surface area contributed by atoms with Crippen molar-refractivity contribution < 1.29 is 13.2 Å². The lowest BCUT2D eigenvalue weighted by molar-refractivity contribution is -0.137. The maximum absolute atomic E-state index is 12.6. The van der Waals surface area contributed by atoms with Crippen LogP contribution in [0.3, 0.4) is 0 Å². The molecule has 0 atom stereocenters. The number of halogens is 4. The summed E-state index contributed by atoms with van der Waals surface area (Å²) in [5.41, 5.74) is 1.78. The molecule has 0 aromatic heterocycles. The average Bonchev–Trinajstić information content (AvgIpc) is 2.38. The molecule has 0 nitrogen and oxygen atoms in total. The lowest BCUT2D eigenvalue weighted by atomic mass is 10.0. The van der Waals surface area contributed by atoms with Gasteiger partial charge in [0.05, 0.1) is 5.56 Å². The highest BCUT2D eigenvalue weighted by molar-refractivity contribution is 9.08. The summed E-state index contributed by atoms with van der Waals surface area (Å²) in [6.45, 7) is 0. The van der Waals surface area contributed by atoms with Crippen LogP contribution in [0.1, 0.15) is 11.1 Å². The Bertz CT molecular complexity index is 547. The third kappa shape index (κ3) is 2.93. The van der Waals surface area contributed by atoms with Crippen molar-refractivity contribution >= 4 is 15.9 Å². The lowest BCUT2D eigenvalue weighted by Gasteiger charge is -2.09. The third-order valence-corrected chi connectivity index (χ3v) is 3.25. The third-order valence-electron chi connectivity index (χ3n) is 2.60. The molecule has 2 rings (SSSR count). The fourth-order valence-electron chi connectivity index (χ4n) is 1.71. The summed E-state index contributed by atoms with van der Waals surface area (Å²) >= 11 is 3.33. The van der Waals surface area contributed by atoms with E-state index in [1.165, 1.54) is 12.1 Å². The van der Waals surface area contributed by atoms with Crippen LogP contribution in [0.25, 0.3) is 11.1 Å². The quantitative estimate of drug-likeness (QED) is 0.663. The van der Waals surface area contributed by atoms with E-state index in [9.17, 15) is 13.2 Å². The summed E-state index contributed by atoms with van der Waals surface area (Å²) in [6.07, 6.45) is -4.30. The first-order chi connectivity index (χ1) is 8.50. The van der Waals surface area contributed by atoms with Gasteiger partial charge in [-0.25, -0.2) is 0 Å². The second-order valence-electron chi connectivity index (χ2n) is 3.91. The lowest BCUT2D eigenvalue weighted by Crippen LogP contribution is -2.04. The van der Waals surface area contributed by atoms with Crippen molar-refractivity contribution in [1.82, 2.24) is 0 Å². The van der Waals surface area contributed by atoms with Crippen LogP contribution in [0, 0.1) is 0 Å². The second kappa shape index (κ2) is 5.14. The summed E-state index contributed by atoms with van der Waals surface area (Å²) < 4.78 is 37.9. The molecule has 0 spiro atoms. The largest absolute Gasteiger partial charge is 0.416 e. The molecule has 0 radical (unpaired) electrons. The number of hydrogen-bond acceptors (Lipinski definition) is 0. The normalized spacial score (nSPS) is 11.6. The van der Waals surface area contributed by atoms with E-state index in [-0.39, 0.29) is 0 Å². The molecule has 2 aromatic carbocycles. The molecule has 0 aliphatic rings. The summed E-state index contributed by atoms with van der Waals surface area (Å²) in [7, 11) is 0. The second-order valence-corrected chi connectivity index (χ2v) is 4.47. The van der Waals surface area contributed by atoms with Gasteiger partial charge in [-0.05, 0) is 28.8 Å². The Morgan fingerprint density at radius 2 is 1.50 bits per heavy atom. The Morgan fingerprint density at radius 3 is 2.11 bits per heavy atom. The van der Waals surface area contributed by atoms with Crippen molar-refractivity contribution in [2.75, 3.05) is 0 Å². The smallest absolute Gasteiger partial charge is 0.166 e. The van der Waals surface area contributed by atoms with E-state index in [1.807, 2.05) is 24.3 Å². The summed E-state index contributed by atoms with van der Waals surface area (Å²) in [5, 5.41) is 0.680. The Morgan fingerprint density at radius 1 is 0.889 bits per heavy atom. The fraction of sp³-hybridized carbons (Fsp3) is 0.143. The molecule has 0 N–H and O–H groups in total. The Balaban J connectivity index is 2.44. The number of rotatable bonds is 2. The summed E-state index contributed by atoms with van der Waals surface area (Å²) in [4.78, 5) is 0. The maximum Gasteiger partial charge on any atom is 0.416 e. The number of benzene rings is 2. The van der Waals surface area contributed by atoms with E-state index in [4.69, 9.17) is 0 Å². The number of alkyl halides is 4. The molecule has 2 aromatic rings. The van der Waals surface area contributed by atoms with Gasteiger partial charge >= 0.3 is 6.18 Å². The van der Waals surface area contributed by atoms with Gasteiger partial charge in [-0.2, -0.15) is 13.2 Å². The van der Waals surface area contributed by atoms with Gasteiger partial charge in [0, 0.05) is 5.33 Å². The van der Waals surface area contributed by atoms with E-state index < -0.39 is 11.7 Å². The van der Waals surface area contributed by atoms with Gasteiger partial charge < -0.3 is 0 Å². The minimum absolute atomic E-state index is 0.577. The molecule has 18 heavy (non-hydrogen) atoms. The Kier molecular flexibility index (Phi) is 3.76. The molecule has 0 aliphatic carbocycles. The molecule has 0 heterocycles. The monoisotopic (exact) mass is 314 g/mol. The van der Waals surface area contributed by atoms with Crippen LogP contribution >= 0.6 is 15.9 Å². The van der Waals surface area contributed by atoms with Crippen LogP contribution in [0.15, 0.2) is 48.5 Å². The molecular weight excluding hydrogens is 305 g/mol. The predicted octanol–water partition coefficient (Wildman–Crippen LogP) is 5.27. The highest BCUT2D eigenvalue weighted by Crippen LogP contribution is 2.32. The first kappa shape index (κ1) is 13.1. The van der Waals surface area contributed by atoms with Gasteiger partial charge in [-0.15, -0.1) is 0 Å². The first-order valence-electron chi connectivity index (χ1n) is 5.33. The highest BCUT2D eigenvalue weighted by Gasteiger charge is 2.30. The zero-order chi connectivity index (χ0) is 13.2. The molecule has 0 unspecified atom stereocenters. The standard InChI is InChI=1S/C14H10BrF3/c15-9-10-3-1-4-11(7-10)12-5-2-6-13(8-12)14(16,17)18/h1-8H,9H2. The van der Waals surface area contributed by atoms with Gasteiger partial charge in [-0.3, -0.25) is 0 Å². The topological polar surface area (TPSA) is 0 Å². The Hall–Kier alpha value is -1.29. The van der Waals surface area contributed by atoms with Crippen LogP contribution in [-0.2, 0) is 11.5 Å². The van der Waals surface area contributed by atoms with E-state index >= 15 is 0 Å². The highest BCUT2D eigenvalue weighted by atomic mass is 79.9. The first-order valence-corrected chi connectivity index (χ1v) is 6.45. The molecule has 0 amide bonds. The van der Waals surface area contributed by atoms with Gasteiger partial charge in [0.2, 0.25) is 0 Å². The molecule has 0 bridgehead atoms. The van der Waals surface area contributed by atoms with Gasteiger partial charge in [0.25, 0.3) is 0 Å².